The summed E-state index contributed by atoms with van der Waals surface area (Å²) >= 11 is 0. The summed E-state index contributed by atoms with van der Waals surface area (Å²) in [4.78, 5) is 14.1. The molecule has 0 aliphatic carbocycles. The molecule has 0 radical (unpaired) electrons. The number of carbonyl (C=O) groups excluding carboxylic acids is 1. The van der Waals surface area contributed by atoms with Gasteiger partial charge in [-0.2, -0.15) is 0 Å². The van der Waals surface area contributed by atoms with E-state index < -0.39 is 0 Å². The standard InChI is InChI=1S/C15H22N2.C2H4O.C2H6/c1-16-14-8-5-9-15(16)12-17(11-14)10-13-6-3-2-4-7-13;1-2-3;1-2/h2-4,6-7,14-15H,5,8-12H2,1H3;2H,1H3;1-2H3. The first kappa shape index (κ1) is 18.9. The van der Waals surface area contributed by atoms with Crippen molar-refractivity contribution in [2.75, 3.05) is 20.1 Å². The summed E-state index contributed by atoms with van der Waals surface area (Å²) in [5.41, 5.74) is 1.45. The topological polar surface area (TPSA) is 23.6 Å². The number of hydrogen-bond donors (Lipinski definition) is 0. The number of carbonyl (C=O) groups is 1. The zero-order valence-corrected chi connectivity index (χ0v) is 14.7. The third kappa shape index (κ3) is 5.54. The van der Waals surface area contributed by atoms with Gasteiger partial charge in [-0.3, -0.25) is 9.80 Å². The van der Waals surface area contributed by atoms with Gasteiger partial charge in [0.1, 0.15) is 6.29 Å². The molecule has 2 atom stereocenters. The molecule has 0 aromatic heterocycles. The Morgan fingerprint density at radius 2 is 1.59 bits per heavy atom. The lowest BCUT2D eigenvalue weighted by Gasteiger charge is -2.48. The molecule has 2 aliphatic heterocycles. The summed E-state index contributed by atoms with van der Waals surface area (Å²) in [6.45, 7) is 9.07. The molecule has 0 amide bonds. The number of likely N-dealkylation sites (N-methyl/N-ethyl adjacent to an activating group) is 1. The molecule has 2 heterocycles. The maximum atomic E-state index is 8.81. The number of piperazine rings is 1. The van der Waals surface area contributed by atoms with Crippen molar-refractivity contribution in [1.82, 2.24) is 9.80 Å². The van der Waals surface area contributed by atoms with E-state index in [1.807, 2.05) is 13.8 Å². The first-order valence-electron chi connectivity index (χ1n) is 8.62. The molecule has 1 aromatic rings. The van der Waals surface area contributed by atoms with E-state index in [1.165, 1.54) is 44.8 Å². The molecule has 2 aliphatic rings. The Morgan fingerprint density at radius 1 is 1.09 bits per heavy atom. The van der Waals surface area contributed by atoms with Crippen molar-refractivity contribution >= 4 is 6.29 Å². The molecule has 0 spiro atoms. The van der Waals surface area contributed by atoms with Crippen LogP contribution in [0.3, 0.4) is 0 Å². The van der Waals surface area contributed by atoms with Gasteiger partial charge in [-0.15, -0.1) is 0 Å². The maximum absolute atomic E-state index is 8.81. The van der Waals surface area contributed by atoms with E-state index in [-0.39, 0.29) is 0 Å². The summed E-state index contributed by atoms with van der Waals surface area (Å²) in [7, 11) is 2.31. The minimum absolute atomic E-state index is 0.750. The average molecular weight is 304 g/mol. The molecular formula is C19H32N2O. The fraction of sp³-hybridized carbons (Fsp3) is 0.632. The largest absolute Gasteiger partial charge is 0.304 e. The number of piperidine rings is 1. The minimum atomic E-state index is 0.750. The Hall–Kier alpha value is -1.19. The van der Waals surface area contributed by atoms with Gasteiger partial charge in [0.2, 0.25) is 0 Å². The zero-order valence-electron chi connectivity index (χ0n) is 14.7. The van der Waals surface area contributed by atoms with E-state index in [2.05, 4.69) is 47.2 Å². The molecule has 22 heavy (non-hydrogen) atoms. The Balaban J connectivity index is 0.000000435. The number of likely N-dealkylation sites (tertiary alicyclic amines) is 1. The van der Waals surface area contributed by atoms with Crippen molar-refractivity contribution in [3.63, 3.8) is 0 Å². The second-order valence-corrected chi connectivity index (χ2v) is 5.82. The van der Waals surface area contributed by atoms with Crippen LogP contribution in [0.15, 0.2) is 30.3 Å². The second kappa shape index (κ2) is 10.5. The van der Waals surface area contributed by atoms with Crippen LogP contribution in [0.2, 0.25) is 0 Å². The predicted molar refractivity (Wildman–Crippen MR) is 94.0 cm³/mol. The van der Waals surface area contributed by atoms with Gasteiger partial charge in [-0.05, 0) is 32.4 Å². The first-order valence-corrected chi connectivity index (χ1v) is 8.62. The number of nitrogens with zero attached hydrogens (tertiary/aromatic N) is 2. The smallest absolute Gasteiger partial charge is 0.116 e. The van der Waals surface area contributed by atoms with Crippen LogP contribution in [0.1, 0.15) is 45.6 Å². The van der Waals surface area contributed by atoms with Crippen molar-refractivity contribution in [3.05, 3.63) is 35.9 Å². The Labute approximate surface area is 136 Å². The van der Waals surface area contributed by atoms with E-state index in [1.54, 1.807) is 0 Å². The SMILES string of the molecule is CC.CC=O.CN1C2CCCC1CN(Cc1ccccc1)C2. The lowest BCUT2D eigenvalue weighted by atomic mass is 9.92. The maximum Gasteiger partial charge on any atom is 0.116 e. The fourth-order valence-corrected chi connectivity index (χ4v) is 3.38. The Kier molecular flexibility index (Phi) is 9.02. The van der Waals surface area contributed by atoms with Crippen LogP contribution < -0.4 is 0 Å². The Bertz CT molecular complexity index is 393. The summed E-state index contributed by atoms with van der Waals surface area (Å²) in [5, 5.41) is 0. The number of aldehydes is 1. The average Bonchev–Trinajstić information content (AvgIpc) is 2.52. The van der Waals surface area contributed by atoms with Crippen LogP contribution in [0.25, 0.3) is 0 Å². The van der Waals surface area contributed by atoms with Crippen molar-refractivity contribution in [1.29, 1.82) is 0 Å². The fourth-order valence-electron chi connectivity index (χ4n) is 3.38. The highest BCUT2D eigenvalue weighted by atomic mass is 16.1. The third-order valence-corrected chi connectivity index (χ3v) is 4.41. The van der Waals surface area contributed by atoms with Gasteiger partial charge in [0.05, 0.1) is 0 Å². The molecule has 3 nitrogen and oxygen atoms in total. The van der Waals surface area contributed by atoms with Crippen molar-refractivity contribution in [2.24, 2.45) is 0 Å². The third-order valence-electron chi connectivity index (χ3n) is 4.41. The van der Waals surface area contributed by atoms with Gasteiger partial charge >= 0.3 is 0 Å². The highest BCUT2D eigenvalue weighted by Crippen LogP contribution is 2.27. The molecule has 1 aromatic carbocycles. The summed E-state index contributed by atoms with van der Waals surface area (Å²) in [5.74, 6) is 0. The molecule has 124 valence electrons. The van der Waals surface area contributed by atoms with E-state index >= 15 is 0 Å². The molecule has 2 unspecified atom stereocenters. The van der Waals surface area contributed by atoms with Gasteiger partial charge in [0, 0.05) is 31.7 Å². The second-order valence-electron chi connectivity index (χ2n) is 5.82. The highest BCUT2D eigenvalue weighted by Gasteiger charge is 2.34. The van der Waals surface area contributed by atoms with Gasteiger partial charge in [0.15, 0.2) is 0 Å². The number of hydrogen-bond acceptors (Lipinski definition) is 3. The minimum Gasteiger partial charge on any atom is -0.304 e. The van der Waals surface area contributed by atoms with Gasteiger partial charge in [0.25, 0.3) is 0 Å². The van der Waals surface area contributed by atoms with Crippen LogP contribution in [0.4, 0.5) is 0 Å². The molecular weight excluding hydrogens is 272 g/mol. The molecule has 0 N–H and O–H groups in total. The van der Waals surface area contributed by atoms with E-state index in [0.717, 1.165) is 24.9 Å². The van der Waals surface area contributed by atoms with Crippen molar-refractivity contribution in [2.45, 2.75) is 58.7 Å². The van der Waals surface area contributed by atoms with Crippen LogP contribution >= 0.6 is 0 Å². The van der Waals surface area contributed by atoms with E-state index in [9.17, 15) is 0 Å². The molecule has 3 rings (SSSR count). The zero-order chi connectivity index (χ0) is 16.4. The Morgan fingerprint density at radius 3 is 2.09 bits per heavy atom. The van der Waals surface area contributed by atoms with E-state index in [0.29, 0.717) is 0 Å². The number of benzene rings is 1. The lowest BCUT2D eigenvalue weighted by Crippen LogP contribution is -2.58. The summed E-state index contributed by atoms with van der Waals surface area (Å²) in [6.07, 6.45) is 4.95. The lowest BCUT2D eigenvalue weighted by molar-refractivity contribution is -0.106. The first-order chi connectivity index (χ1) is 10.7. The summed E-state index contributed by atoms with van der Waals surface area (Å²) in [6, 6.07) is 12.5. The van der Waals surface area contributed by atoms with Gasteiger partial charge in [-0.1, -0.05) is 50.6 Å². The summed E-state index contributed by atoms with van der Waals surface area (Å²) < 4.78 is 0. The molecule has 2 bridgehead atoms. The monoisotopic (exact) mass is 304 g/mol. The molecule has 0 saturated carbocycles. The van der Waals surface area contributed by atoms with Gasteiger partial charge < -0.3 is 4.79 Å². The van der Waals surface area contributed by atoms with E-state index in [4.69, 9.17) is 4.79 Å². The quantitative estimate of drug-likeness (QED) is 0.780. The molecule has 2 fully saturated rings. The normalized spacial score (nSPS) is 24.4. The molecule has 2 saturated heterocycles. The van der Waals surface area contributed by atoms with Crippen LogP contribution in [0.5, 0.6) is 0 Å². The van der Waals surface area contributed by atoms with Crippen molar-refractivity contribution < 1.29 is 4.79 Å². The number of fused-ring (bicyclic) bond motifs is 2. The van der Waals surface area contributed by atoms with Crippen molar-refractivity contribution in [3.8, 4) is 0 Å². The molecule has 3 heteroatoms. The van der Waals surface area contributed by atoms with Crippen LogP contribution in [-0.2, 0) is 11.3 Å². The van der Waals surface area contributed by atoms with Gasteiger partial charge in [-0.25, -0.2) is 0 Å². The predicted octanol–water partition coefficient (Wildman–Crippen LogP) is 3.59. The van der Waals surface area contributed by atoms with Crippen LogP contribution in [-0.4, -0.2) is 48.3 Å². The van der Waals surface area contributed by atoms with Crippen LogP contribution in [0, 0.1) is 0 Å². The number of rotatable bonds is 2. The highest BCUT2D eigenvalue weighted by molar-refractivity contribution is 5.44.